The molecule has 1 aromatic carbocycles. The zero-order valence-corrected chi connectivity index (χ0v) is 12.8. The van der Waals surface area contributed by atoms with Crippen LogP contribution < -0.4 is 10.5 Å². The van der Waals surface area contributed by atoms with Crippen molar-refractivity contribution in [2.75, 3.05) is 14.2 Å². The molecule has 21 heavy (non-hydrogen) atoms. The van der Waals surface area contributed by atoms with Gasteiger partial charge in [0.1, 0.15) is 0 Å². The Bertz CT molecular complexity index is 640. The quantitative estimate of drug-likeness (QED) is 0.858. The number of carbonyl (C=O) groups excluding carboxylic acids is 1. The third-order valence-electron chi connectivity index (χ3n) is 3.06. The molecule has 0 aliphatic heterocycles. The minimum absolute atomic E-state index is 0.133. The molecular formula is C15H18N2O3S. The van der Waals surface area contributed by atoms with E-state index in [1.807, 2.05) is 25.2 Å². The van der Waals surface area contributed by atoms with Crippen LogP contribution in [0.2, 0.25) is 0 Å². The predicted octanol–water partition coefficient (Wildman–Crippen LogP) is 2.19. The molecule has 1 heterocycles. The summed E-state index contributed by atoms with van der Waals surface area (Å²) in [6.07, 6.45) is 0. The summed E-state index contributed by atoms with van der Waals surface area (Å²) in [6.45, 7) is 1.43. The van der Waals surface area contributed by atoms with E-state index in [-0.39, 0.29) is 5.75 Å². The largest absolute Gasteiger partial charge is 0.504 e. The maximum absolute atomic E-state index is 11.1. The highest BCUT2D eigenvalue weighted by Crippen LogP contribution is 2.27. The van der Waals surface area contributed by atoms with Crippen molar-refractivity contribution in [1.29, 1.82) is 0 Å². The van der Waals surface area contributed by atoms with Gasteiger partial charge in [-0.1, -0.05) is 6.07 Å². The molecule has 1 amide bonds. The maximum Gasteiger partial charge on any atom is 0.249 e. The van der Waals surface area contributed by atoms with E-state index in [9.17, 15) is 9.90 Å². The summed E-state index contributed by atoms with van der Waals surface area (Å²) in [6, 6.07) is 7.12. The number of methoxy groups -OCH3 is 1. The van der Waals surface area contributed by atoms with E-state index in [0.717, 1.165) is 17.0 Å². The summed E-state index contributed by atoms with van der Waals surface area (Å²) in [4.78, 5) is 14.3. The summed E-state index contributed by atoms with van der Waals surface area (Å²) in [5, 5.41) is 11.4. The number of phenols is 1. The van der Waals surface area contributed by atoms with Crippen LogP contribution in [0.25, 0.3) is 0 Å². The van der Waals surface area contributed by atoms with Crippen molar-refractivity contribution in [2.45, 2.75) is 13.1 Å². The molecule has 2 aromatic rings. The van der Waals surface area contributed by atoms with E-state index in [0.29, 0.717) is 17.9 Å². The number of carbonyl (C=O) groups is 1. The molecule has 5 nitrogen and oxygen atoms in total. The van der Waals surface area contributed by atoms with Crippen molar-refractivity contribution >= 4 is 17.2 Å². The number of rotatable bonds is 6. The molecule has 112 valence electrons. The fraction of sp³-hybridized carbons (Fsp3) is 0.267. The summed E-state index contributed by atoms with van der Waals surface area (Å²) in [5.41, 5.74) is 6.84. The fourth-order valence-electron chi connectivity index (χ4n) is 2.05. The molecule has 0 aliphatic rings. The minimum Gasteiger partial charge on any atom is -0.504 e. The molecule has 0 radical (unpaired) electrons. The van der Waals surface area contributed by atoms with Crippen LogP contribution in [-0.4, -0.2) is 30.1 Å². The highest BCUT2D eigenvalue weighted by molar-refractivity contribution is 7.10. The summed E-state index contributed by atoms with van der Waals surface area (Å²) < 4.78 is 5.10. The van der Waals surface area contributed by atoms with Gasteiger partial charge >= 0.3 is 0 Å². The lowest BCUT2D eigenvalue weighted by Crippen LogP contribution is -2.16. The highest BCUT2D eigenvalue weighted by Gasteiger charge is 2.09. The number of phenolic OH excluding ortho intramolecular Hbond substituents is 1. The second kappa shape index (κ2) is 6.60. The van der Waals surface area contributed by atoms with Crippen LogP contribution in [0.15, 0.2) is 29.6 Å². The first-order valence-electron chi connectivity index (χ1n) is 6.41. The molecule has 0 aliphatic carbocycles. The second-order valence-electron chi connectivity index (χ2n) is 4.84. The number of nitrogens with two attached hydrogens (primary N) is 1. The van der Waals surface area contributed by atoms with E-state index in [4.69, 9.17) is 10.5 Å². The van der Waals surface area contributed by atoms with Crippen LogP contribution in [-0.2, 0) is 13.1 Å². The normalized spacial score (nSPS) is 10.8. The number of nitrogens with zero attached hydrogens (tertiary/aromatic N) is 1. The summed E-state index contributed by atoms with van der Waals surface area (Å²) in [5.74, 6) is 0.199. The van der Waals surface area contributed by atoms with Crippen LogP contribution in [0.4, 0.5) is 0 Å². The van der Waals surface area contributed by atoms with Gasteiger partial charge in [-0.05, 0) is 30.8 Å². The van der Waals surface area contributed by atoms with Crippen LogP contribution in [0.5, 0.6) is 11.5 Å². The molecule has 1 aromatic heterocycles. The zero-order valence-electron chi connectivity index (χ0n) is 12.0. The molecule has 0 saturated carbocycles. The van der Waals surface area contributed by atoms with Crippen molar-refractivity contribution in [3.8, 4) is 11.5 Å². The van der Waals surface area contributed by atoms with Gasteiger partial charge in [0.05, 0.1) is 12.7 Å². The monoisotopic (exact) mass is 306 g/mol. The van der Waals surface area contributed by atoms with Gasteiger partial charge in [-0.2, -0.15) is 0 Å². The molecule has 3 N–H and O–H groups in total. The van der Waals surface area contributed by atoms with Gasteiger partial charge in [0, 0.05) is 23.3 Å². The fourth-order valence-corrected chi connectivity index (χ4v) is 3.00. The Balaban J connectivity index is 2.00. The van der Waals surface area contributed by atoms with E-state index in [1.165, 1.54) is 18.4 Å². The lowest BCUT2D eigenvalue weighted by molar-refractivity contribution is 0.100. The van der Waals surface area contributed by atoms with E-state index in [1.54, 1.807) is 11.4 Å². The average molecular weight is 306 g/mol. The molecule has 0 bridgehead atoms. The summed E-state index contributed by atoms with van der Waals surface area (Å²) in [7, 11) is 3.52. The number of aromatic hydroxyl groups is 1. The van der Waals surface area contributed by atoms with Crippen molar-refractivity contribution in [3.05, 3.63) is 45.6 Å². The molecule has 0 spiro atoms. The van der Waals surface area contributed by atoms with Gasteiger partial charge in [0.15, 0.2) is 11.5 Å². The first-order chi connectivity index (χ1) is 9.99. The first-order valence-corrected chi connectivity index (χ1v) is 7.29. The predicted molar refractivity (Wildman–Crippen MR) is 82.7 cm³/mol. The Morgan fingerprint density at radius 2 is 2.14 bits per heavy atom. The van der Waals surface area contributed by atoms with Crippen LogP contribution >= 0.6 is 11.3 Å². The smallest absolute Gasteiger partial charge is 0.249 e. The zero-order chi connectivity index (χ0) is 15.4. The van der Waals surface area contributed by atoms with Crippen molar-refractivity contribution in [3.63, 3.8) is 0 Å². The third-order valence-corrected chi connectivity index (χ3v) is 3.98. The SMILES string of the molecule is COc1cc(CN(C)Cc2cc(C(N)=O)cs2)ccc1O. The number of ether oxygens (including phenoxy) is 1. The second-order valence-corrected chi connectivity index (χ2v) is 5.84. The Morgan fingerprint density at radius 1 is 1.38 bits per heavy atom. The van der Waals surface area contributed by atoms with Gasteiger partial charge < -0.3 is 15.6 Å². The first kappa shape index (κ1) is 15.3. The van der Waals surface area contributed by atoms with E-state index >= 15 is 0 Å². The Morgan fingerprint density at radius 3 is 2.76 bits per heavy atom. The molecule has 0 fully saturated rings. The van der Waals surface area contributed by atoms with Crippen LogP contribution in [0.1, 0.15) is 20.8 Å². The van der Waals surface area contributed by atoms with Gasteiger partial charge in [0.2, 0.25) is 5.91 Å². The number of hydrogen-bond donors (Lipinski definition) is 2. The minimum atomic E-state index is -0.400. The van der Waals surface area contributed by atoms with Crippen molar-refractivity contribution < 1.29 is 14.6 Å². The van der Waals surface area contributed by atoms with Gasteiger partial charge in [-0.15, -0.1) is 11.3 Å². The van der Waals surface area contributed by atoms with Gasteiger partial charge in [-0.3, -0.25) is 9.69 Å². The number of primary amides is 1. The molecule has 0 atom stereocenters. The average Bonchev–Trinajstić information content (AvgIpc) is 2.89. The van der Waals surface area contributed by atoms with Gasteiger partial charge in [-0.25, -0.2) is 0 Å². The standard InChI is InChI=1S/C15H18N2O3S/c1-17(8-12-6-11(9-21-12)15(16)19)7-10-3-4-13(18)14(5-10)20-2/h3-6,9,18H,7-8H2,1-2H3,(H2,16,19). The Kier molecular flexibility index (Phi) is 4.82. The molecule has 0 unspecified atom stereocenters. The Labute approximate surface area is 127 Å². The molecule has 0 saturated heterocycles. The molecule has 6 heteroatoms. The lowest BCUT2D eigenvalue weighted by Gasteiger charge is -2.16. The van der Waals surface area contributed by atoms with E-state index in [2.05, 4.69) is 4.90 Å². The Hall–Kier alpha value is -2.05. The topological polar surface area (TPSA) is 75.8 Å². The van der Waals surface area contributed by atoms with Crippen molar-refractivity contribution in [2.24, 2.45) is 5.73 Å². The summed E-state index contributed by atoms with van der Waals surface area (Å²) >= 11 is 1.52. The maximum atomic E-state index is 11.1. The number of benzene rings is 1. The van der Waals surface area contributed by atoms with Gasteiger partial charge in [0.25, 0.3) is 0 Å². The van der Waals surface area contributed by atoms with Crippen LogP contribution in [0, 0.1) is 0 Å². The number of hydrogen-bond acceptors (Lipinski definition) is 5. The molecule has 2 rings (SSSR count). The lowest BCUT2D eigenvalue weighted by atomic mass is 10.2. The highest BCUT2D eigenvalue weighted by atomic mass is 32.1. The van der Waals surface area contributed by atoms with Crippen molar-refractivity contribution in [1.82, 2.24) is 4.90 Å². The number of thiophene rings is 1. The van der Waals surface area contributed by atoms with E-state index < -0.39 is 5.91 Å². The number of amides is 1. The van der Waals surface area contributed by atoms with Crippen LogP contribution in [0.3, 0.4) is 0 Å². The molecular weight excluding hydrogens is 288 g/mol. The third kappa shape index (κ3) is 3.96.